The van der Waals surface area contributed by atoms with E-state index in [1.165, 1.54) is 0 Å². The zero-order valence-corrected chi connectivity index (χ0v) is 12.6. The summed E-state index contributed by atoms with van der Waals surface area (Å²) in [4.78, 5) is 16.0. The third-order valence-corrected chi connectivity index (χ3v) is 3.55. The smallest absolute Gasteiger partial charge is 0.410 e. The summed E-state index contributed by atoms with van der Waals surface area (Å²) in [6.07, 6.45) is -0.260. The minimum Gasteiger partial charge on any atom is -0.445 e. The van der Waals surface area contributed by atoms with Gasteiger partial charge in [0.1, 0.15) is 13.2 Å². The summed E-state index contributed by atoms with van der Waals surface area (Å²) in [6.45, 7) is 4.69. The summed E-state index contributed by atoms with van der Waals surface area (Å²) in [5, 5.41) is 8.39. The lowest BCUT2D eigenvalue weighted by Gasteiger charge is -2.33. The van der Waals surface area contributed by atoms with Gasteiger partial charge >= 0.3 is 6.09 Å². The molecule has 1 heterocycles. The zero-order valence-electron chi connectivity index (χ0n) is 12.6. The number of carbonyl (C=O) groups is 1. The lowest BCUT2D eigenvalue weighted by atomic mass is 10.2. The van der Waals surface area contributed by atoms with Gasteiger partial charge < -0.3 is 14.4 Å². The first kappa shape index (κ1) is 16.3. The first-order valence-electron chi connectivity index (χ1n) is 7.42. The van der Waals surface area contributed by atoms with E-state index in [4.69, 9.17) is 14.7 Å². The third-order valence-electron chi connectivity index (χ3n) is 3.55. The lowest BCUT2D eigenvalue weighted by Crippen LogP contribution is -2.49. The van der Waals surface area contributed by atoms with Gasteiger partial charge in [-0.1, -0.05) is 30.3 Å². The topological polar surface area (TPSA) is 65.8 Å². The van der Waals surface area contributed by atoms with Crippen LogP contribution in [0.3, 0.4) is 0 Å². The monoisotopic (exact) mass is 303 g/mol. The van der Waals surface area contributed by atoms with E-state index in [0.29, 0.717) is 26.3 Å². The fourth-order valence-electron chi connectivity index (χ4n) is 2.28. The Bertz CT molecular complexity index is 493. The van der Waals surface area contributed by atoms with Crippen molar-refractivity contribution in [2.24, 2.45) is 0 Å². The molecule has 22 heavy (non-hydrogen) atoms. The molecular weight excluding hydrogens is 282 g/mol. The number of nitrogens with zero attached hydrogens (tertiary/aromatic N) is 3. The molecule has 0 radical (unpaired) electrons. The highest BCUT2D eigenvalue weighted by molar-refractivity contribution is 5.67. The molecular formula is C16H21N3O3. The number of benzene rings is 1. The highest BCUT2D eigenvalue weighted by atomic mass is 16.6. The van der Waals surface area contributed by atoms with Crippen LogP contribution in [-0.4, -0.2) is 61.8 Å². The third kappa shape index (κ3) is 5.35. The number of rotatable bonds is 6. The van der Waals surface area contributed by atoms with Gasteiger partial charge in [0, 0.05) is 32.7 Å². The van der Waals surface area contributed by atoms with Crippen molar-refractivity contribution in [1.82, 2.24) is 9.80 Å². The van der Waals surface area contributed by atoms with E-state index in [1.807, 2.05) is 36.4 Å². The summed E-state index contributed by atoms with van der Waals surface area (Å²) in [7, 11) is 0. The van der Waals surface area contributed by atoms with Crippen molar-refractivity contribution in [3.05, 3.63) is 35.9 Å². The molecule has 0 bridgehead atoms. The Balaban J connectivity index is 1.63. The Hall–Kier alpha value is -2.10. The van der Waals surface area contributed by atoms with Gasteiger partial charge in [-0.2, -0.15) is 5.26 Å². The maximum Gasteiger partial charge on any atom is 0.410 e. The molecule has 0 saturated carbocycles. The van der Waals surface area contributed by atoms with Gasteiger partial charge in [0.15, 0.2) is 0 Å². The van der Waals surface area contributed by atoms with Crippen LogP contribution in [0.1, 0.15) is 5.56 Å². The molecule has 1 aliphatic rings. The molecule has 1 fully saturated rings. The Morgan fingerprint density at radius 1 is 1.18 bits per heavy atom. The van der Waals surface area contributed by atoms with Gasteiger partial charge in [-0.05, 0) is 5.56 Å². The van der Waals surface area contributed by atoms with E-state index in [1.54, 1.807) is 4.90 Å². The number of ether oxygens (including phenoxy) is 2. The van der Waals surface area contributed by atoms with Crippen molar-refractivity contribution in [2.75, 3.05) is 45.9 Å². The molecule has 118 valence electrons. The molecule has 0 N–H and O–H groups in total. The number of nitriles is 1. The van der Waals surface area contributed by atoms with E-state index in [0.717, 1.165) is 25.2 Å². The maximum absolute atomic E-state index is 12.0. The minimum atomic E-state index is -0.260. The predicted octanol–water partition coefficient (Wildman–Crippen LogP) is 1.48. The van der Waals surface area contributed by atoms with Gasteiger partial charge in [-0.25, -0.2) is 4.79 Å². The highest BCUT2D eigenvalue weighted by Gasteiger charge is 2.21. The van der Waals surface area contributed by atoms with E-state index >= 15 is 0 Å². The largest absolute Gasteiger partial charge is 0.445 e. The molecule has 0 spiro atoms. The van der Waals surface area contributed by atoms with Crippen LogP contribution in [0.25, 0.3) is 0 Å². The molecule has 1 saturated heterocycles. The maximum atomic E-state index is 12.0. The Morgan fingerprint density at radius 3 is 2.59 bits per heavy atom. The summed E-state index contributed by atoms with van der Waals surface area (Å²) in [5.41, 5.74) is 0.990. The number of hydrogen-bond acceptors (Lipinski definition) is 5. The van der Waals surface area contributed by atoms with Crippen molar-refractivity contribution in [1.29, 1.82) is 5.26 Å². The van der Waals surface area contributed by atoms with Gasteiger partial charge in [-0.3, -0.25) is 4.90 Å². The number of carbonyl (C=O) groups excluding carboxylic acids is 1. The van der Waals surface area contributed by atoms with Crippen LogP contribution >= 0.6 is 0 Å². The van der Waals surface area contributed by atoms with Crippen LogP contribution < -0.4 is 0 Å². The highest BCUT2D eigenvalue weighted by Crippen LogP contribution is 2.06. The van der Waals surface area contributed by atoms with Crippen LogP contribution in [0, 0.1) is 11.3 Å². The standard InChI is InChI=1S/C16H21N3O3/c17-6-12-21-13-11-18-7-9-19(10-8-18)16(20)22-14-15-4-2-1-3-5-15/h1-5H,7-14H2. The summed E-state index contributed by atoms with van der Waals surface area (Å²) in [5.74, 6) is 0. The van der Waals surface area contributed by atoms with Crippen molar-refractivity contribution < 1.29 is 14.3 Å². The van der Waals surface area contributed by atoms with E-state index in [-0.39, 0.29) is 12.7 Å². The van der Waals surface area contributed by atoms with Crippen LogP contribution in [-0.2, 0) is 16.1 Å². The second kappa shape index (κ2) is 9.03. The summed E-state index contributed by atoms with van der Waals surface area (Å²) >= 11 is 0. The zero-order chi connectivity index (χ0) is 15.6. The van der Waals surface area contributed by atoms with Gasteiger partial charge in [-0.15, -0.1) is 0 Å². The molecule has 0 unspecified atom stereocenters. The van der Waals surface area contributed by atoms with E-state index in [9.17, 15) is 4.79 Å². The second-order valence-corrected chi connectivity index (χ2v) is 5.08. The first-order chi connectivity index (χ1) is 10.8. The molecule has 6 heteroatoms. The van der Waals surface area contributed by atoms with E-state index < -0.39 is 0 Å². The molecule has 0 aromatic heterocycles. The Kier molecular flexibility index (Phi) is 6.68. The van der Waals surface area contributed by atoms with Crippen LogP contribution in [0.4, 0.5) is 4.79 Å². The normalized spacial score (nSPS) is 15.3. The average Bonchev–Trinajstić information content (AvgIpc) is 2.58. The Morgan fingerprint density at radius 2 is 1.91 bits per heavy atom. The quantitative estimate of drug-likeness (QED) is 0.745. The SMILES string of the molecule is N#CCOCCN1CCN(C(=O)OCc2ccccc2)CC1. The van der Waals surface area contributed by atoms with Gasteiger partial charge in [0.05, 0.1) is 12.7 Å². The fraction of sp³-hybridized carbons (Fsp3) is 0.500. The predicted molar refractivity (Wildman–Crippen MR) is 81.1 cm³/mol. The molecule has 0 atom stereocenters. The van der Waals surface area contributed by atoms with Crippen LogP contribution in [0.5, 0.6) is 0 Å². The van der Waals surface area contributed by atoms with Crippen molar-refractivity contribution in [3.63, 3.8) is 0 Å². The molecule has 1 aromatic carbocycles. The van der Waals surface area contributed by atoms with Crippen LogP contribution in [0.15, 0.2) is 30.3 Å². The second-order valence-electron chi connectivity index (χ2n) is 5.08. The van der Waals surface area contributed by atoms with Crippen molar-refractivity contribution >= 4 is 6.09 Å². The van der Waals surface area contributed by atoms with Gasteiger partial charge in [0.2, 0.25) is 0 Å². The average molecular weight is 303 g/mol. The first-order valence-corrected chi connectivity index (χ1v) is 7.42. The summed E-state index contributed by atoms with van der Waals surface area (Å²) in [6, 6.07) is 11.6. The van der Waals surface area contributed by atoms with Crippen molar-refractivity contribution in [2.45, 2.75) is 6.61 Å². The number of amides is 1. The summed E-state index contributed by atoms with van der Waals surface area (Å²) < 4.78 is 10.5. The number of hydrogen-bond donors (Lipinski definition) is 0. The van der Waals surface area contributed by atoms with Gasteiger partial charge in [0.25, 0.3) is 0 Å². The Labute approximate surface area is 130 Å². The lowest BCUT2D eigenvalue weighted by molar-refractivity contribution is 0.0609. The molecule has 0 aliphatic carbocycles. The van der Waals surface area contributed by atoms with Crippen molar-refractivity contribution in [3.8, 4) is 6.07 Å². The van der Waals surface area contributed by atoms with Crippen LogP contribution in [0.2, 0.25) is 0 Å². The molecule has 1 aromatic rings. The fourth-order valence-corrected chi connectivity index (χ4v) is 2.28. The van der Waals surface area contributed by atoms with E-state index in [2.05, 4.69) is 4.90 Å². The number of piperazine rings is 1. The molecule has 6 nitrogen and oxygen atoms in total. The minimum absolute atomic E-state index is 0.131. The molecule has 2 rings (SSSR count). The molecule has 1 amide bonds. The molecule has 1 aliphatic heterocycles.